The third-order valence-corrected chi connectivity index (χ3v) is 7.75. The van der Waals surface area contributed by atoms with Crippen LogP contribution in [-0.4, -0.2) is 48.8 Å². The lowest BCUT2D eigenvalue weighted by Gasteiger charge is -2.35. The number of anilines is 4. The molecule has 0 radical (unpaired) electrons. The number of Topliss-reactive ketones (excluding diaryl/α,β-unsaturated/α-hetero) is 2. The number of hydrazine groups is 1. The van der Waals surface area contributed by atoms with Gasteiger partial charge in [-0.1, -0.05) is 11.6 Å². The number of carbonyl (C=O) groups is 2. The van der Waals surface area contributed by atoms with Gasteiger partial charge in [-0.25, -0.2) is 30.0 Å². The van der Waals surface area contributed by atoms with E-state index in [1.54, 1.807) is 47.9 Å². The zero-order valence-electron chi connectivity index (χ0n) is 22.7. The number of carbonyl (C=O) groups excluding carboxylic acids is 2. The zero-order valence-corrected chi connectivity index (χ0v) is 23.4. The van der Waals surface area contributed by atoms with Gasteiger partial charge in [0.2, 0.25) is 11.9 Å². The summed E-state index contributed by atoms with van der Waals surface area (Å²) in [5, 5.41) is 12.0. The van der Waals surface area contributed by atoms with Crippen LogP contribution in [0, 0.1) is 0 Å². The third-order valence-electron chi connectivity index (χ3n) is 7.53. The second kappa shape index (κ2) is 10.5. The lowest BCUT2D eigenvalue weighted by atomic mass is 9.96. The number of ether oxygens (including phenoxy) is 1. The molecule has 2 aliphatic carbocycles. The quantitative estimate of drug-likeness (QED) is 0.248. The molecular formula is C30H25ClN8O3. The lowest BCUT2D eigenvalue weighted by Crippen LogP contribution is -2.39. The van der Waals surface area contributed by atoms with Gasteiger partial charge in [0.05, 0.1) is 52.7 Å². The molecule has 3 heterocycles. The molecule has 0 saturated heterocycles. The molecule has 11 nitrogen and oxygen atoms in total. The number of methoxy groups -OCH3 is 1. The van der Waals surface area contributed by atoms with Crippen LogP contribution in [0.25, 0.3) is 10.9 Å². The summed E-state index contributed by atoms with van der Waals surface area (Å²) in [6, 6.07) is 11.1. The number of aryl methyl sites for hydroxylation is 2. The molecule has 0 spiro atoms. The minimum Gasteiger partial charge on any atom is -0.497 e. The fraction of sp³-hybridized carbons (Fsp3) is 0.233. The summed E-state index contributed by atoms with van der Waals surface area (Å²) < 4.78 is 5.55. The Morgan fingerprint density at radius 1 is 0.786 bits per heavy atom. The standard InChI is InChI=1S/C30H25ClN8O3/c1-42-21-12-18(31)11-20(13-21)39(30-33-16-23-26(36-30)5-3-7-28(23)41)38(19-8-9-24-17(10-19)14-34-37-24)29-32-15-22-25(35-29)4-2-6-27(22)40/h8-16H,2-7H2,1H3,(H,34,37). The van der Waals surface area contributed by atoms with Gasteiger partial charge in [0, 0.05) is 41.7 Å². The van der Waals surface area contributed by atoms with Crippen molar-refractivity contribution in [2.45, 2.75) is 38.5 Å². The highest BCUT2D eigenvalue weighted by Gasteiger charge is 2.30. The molecular weight excluding hydrogens is 556 g/mol. The van der Waals surface area contributed by atoms with E-state index in [1.807, 2.05) is 24.3 Å². The van der Waals surface area contributed by atoms with Crippen molar-refractivity contribution in [3.8, 4) is 5.75 Å². The number of fused-ring (bicyclic) bond motifs is 3. The number of benzene rings is 2. The molecule has 3 aromatic heterocycles. The first-order valence-corrected chi connectivity index (χ1v) is 14.0. The summed E-state index contributed by atoms with van der Waals surface area (Å²) >= 11 is 6.57. The summed E-state index contributed by atoms with van der Waals surface area (Å²) in [7, 11) is 1.56. The van der Waals surface area contributed by atoms with Crippen LogP contribution in [0.15, 0.2) is 55.0 Å². The molecule has 0 saturated carbocycles. The van der Waals surface area contributed by atoms with Crippen molar-refractivity contribution in [2.75, 3.05) is 17.1 Å². The predicted octanol–water partition coefficient (Wildman–Crippen LogP) is 5.73. The number of aromatic amines is 1. The van der Waals surface area contributed by atoms with Crippen LogP contribution in [0.4, 0.5) is 23.3 Å². The van der Waals surface area contributed by atoms with E-state index in [2.05, 4.69) is 20.2 Å². The van der Waals surface area contributed by atoms with Crippen LogP contribution in [-0.2, 0) is 12.8 Å². The molecule has 2 aliphatic rings. The lowest BCUT2D eigenvalue weighted by molar-refractivity contribution is 0.0963. The van der Waals surface area contributed by atoms with Gasteiger partial charge in [0.1, 0.15) is 5.75 Å². The maximum Gasteiger partial charge on any atom is 0.250 e. The first kappa shape index (κ1) is 26.0. The fourth-order valence-electron chi connectivity index (χ4n) is 5.46. The molecule has 7 rings (SSSR count). The van der Waals surface area contributed by atoms with Crippen LogP contribution >= 0.6 is 11.6 Å². The molecule has 12 heteroatoms. The fourth-order valence-corrected chi connectivity index (χ4v) is 5.68. The second-order valence-electron chi connectivity index (χ2n) is 10.2. The van der Waals surface area contributed by atoms with Crippen LogP contribution < -0.4 is 14.8 Å². The van der Waals surface area contributed by atoms with Crippen LogP contribution in [0.3, 0.4) is 0 Å². The second-order valence-corrected chi connectivity index (χ2v) is 10.7. The summed E-state index contributed by atoms with van der Waals surface area (Å²) in [6.45, 7) is 0. The van der Waals surface area contributed by atoms with Gasteiger partial charge in [-0.15, -0.1) is 0 Å². The van der Waals surface area contributed by atoms with Crippen molar-refractivity contribution < 1.29 is 14.3 Å². The summed E-state index contributed by atoms with van der Waals surface area (Å²) in [6.07, 6.45) is 8.61. The Bertz CT molecular complexity index is 1870. The number of halogens is 1. The molecule has 210 valence electrons. The maximum absolute atomic E-state index is 12.6. The number of nitrogens with one attached hydrogen (secondary N) is 1. The number of aromatic nitrogens is 6. The molecule has 0 bridgehead atoms. The Morgan fingerprint density at radius 2 is 1.43 bits per heavy atom. The highest BCUT2D eigenvalue weighted by molar-refractivity contribution is 6.31. The zero-order chi connectivity index (χ0) is 28.8. The van der Waals surface area contributed by atoms with E-state index in [9.17, 15) is 9.59 Å². The Labute approximate surface area is 245 Å². The number of nitrogens with zero attached hydrogens (tertiary/aromatic N) is 7. The van der Waals surface area contributed by atoms with Crippen molar-refractivity contribution in [3.05, 3.63) is 82.5 Å². The number of rotatable bonds is 6. The maximum atomic E-state index is 12.6. The molecule has 1 N–H and O–H groups in total. The van der Waals surface area contributed by atoms with E-state index < -0.39 is 0 Å². The van der Waals surface area contributed by atoms with Crippen LogP contribution in [0.1, 0.15) is 57.8 Å². The van der Waals surface area contributed by atoms with Crippen molar-refractivity contribution in [3.63, 3.8) is 0 Å². The average Bonchev–Trinajstić information content (AvgIpc) is 3.47. The van der Waals surface area contributed by atoms with Gasteiger partial charge in [-0.2, -0.15) is 5.10 Å². The van der Waals surface area contributed by atoms with E-state index in [0.717, 1.165) is 23.7 Å². The number of hydrogen-bond donors (Lipinski definition) is 1. The van der Waals surface area contributed by atoms with Crippen molar-refractivity contribution in [2.24, 2.45) is 0 Å². The Hall–Kier alpha value is -4.90. The summed E-state index contributed by atoms with van der Waals surface area (Å²) in [5.74, 6) is 1.19. The van der Waals surface area contributed by atoms with E-state index >= 15 is 0 Å². The van der Waals surface area contributed by atoms with E-state index in [1.165, 1.54) is 0 Å². The Kier molecular flexibility index (Phi) is 6.50. The largest absolute Gasteiger partial charge is 0.497 e. The normalized spacial score (nSPS) is 14.4. The van der Waals surface area contributed by atoms with Gasteiger partial charge in [-0.3, -0.25) is 14.7 Å². The van der Waals surface area contributed by atoms with E-state index in [0.29, 0.717) is 76.3 Å². The highest BCUT2D eigenvalue weighted by Crippen LogP contribution is 2.38. The van der Waals surface area contributed by atoms with Crippen LogP contribution in [0.5, 0.6) is 5.75 Å². The number of ketones is 2. The molecule has 0 fully saturated rings. The molecule has 2 aromatic carbocycles. The van der Waals surface area contributed by atoms with E-state index in [4.69, 9.17) is 26.3 Å². The molecule has 42 heavy (non-hydrogen) atoms. The first-order valence-electron chi connectivity index (χ1n) is 13.6. The predicted molar refractivity (Wildman–Crippen MR) is 157 cm³/mol. The Morgan fingerprint density at radius 3 is 2.07 bits per heavy atom. The summed E-state index contributed by atoms with van der Waals surface area (Å²) in [5.41, 5.74) is 4.55. The number of H-pyrrole nitrogens is 1. The van der Waals surface area contributed by atoms with Crippen molar-refractivity contribution in [1.29, 1.82) is 0 Å². The highest BCUT2D eigenvalue weighted by atomic mass is 35.5. The molecule has 0 unspecified atom stereocenters. The smallest absolute Gasteiger partial charge is 0.250 e. The third kappa shape index (κ3) is 4.61. The van der Waals surface area contributed by atoms with Crippen molar-refractivity contribution >= 4 is 57.3 Å². The molecule has 0 atom stereocenters. The van der Waals surface area contributed by atoms with Gasteiger partial charge < -0.3 is 4.74 Å². The number of hydrogen-bond acceptors (Lipinski definition) is 10. The Balaban J connectivity index is 1.49. The molecule has 0 aliphatic heterocycles. The van der Waals surface area contributed by atoms with Gasteiger partial charge in [0.25, 0.3) is 0 Å². The SMILES string of the molecule is COc1cc(Cl)cc(N(c2ncc3c(n2)CCCC3=O)N(c2ccc3[nH]ncc3c2)c2ncc3c(n2)CCCC3=O)c1. The first-order chi connectivity index (χ1) is 20.5. The summed E-state index contributed by atoms with van der Waals surface area (Å²) in [4.78, 5) is 44.4. The minimum absolute atomic E-state index is 0.0312. The van der Waals surface area contributed by atoms with Gasteiger partial charge >= 0.3 is 0 Å². The average molecular weight is 581 g/mol. The molecule has 0 amide bonds. The topological polar surface area (TPSA) is 130 Å². The van der Waals surface area contributed by atoms with E-state index in [-0.39, 0.29) is 17.5 Å². The van der Waals surface area contributed by atoms with Crippen molar-refractivity contribution in [1.82, 2.24) is 30.1 Å². The monoisotopic (exact) mass is 580 g/mol. The minimum atomic E-state index is 0.0312. The molecule has 5 aromatic rings. The van der Waals surface area contributed by atoms with Gasteiger partial charge in [0.15, 0.2) is 11.6 Å². The van der Waals surface area contributed by atoms with Gasteiger partial charge in [-0.05, 0) is 56.0 Å². The van der Waals surface area contributed by atoms with Crippen LogP contribution in [0.2, 0.25) is 5.02 Å².